The molecule has 0 rings (SSSR count). The van der Waals surface area contributed by atoms with Crippen molar-refractivity contribution in [3.05, 3.63) is 0 Å². The van der Waals surface area contributed by atoms with Gasteiger partial charge in [-0.15, -0.1) is 0 Å². The van der Waals surface area contributed by atoms with Crippen LogP contribution >= 0.6 is 15.9 Å². The quantitative estimate of drug-likeness (QED) is 0.357. The van der Waals surface area contributed by atoms with Crippen molar-refractivity contribution in [2.45, 2.75) is 78.1 Å². The van der Waals surface area contributed by atoms with E-state index in [0.717, 1.165) is 0 Å². The van der Waals surface area contributed by atoms with E-state index in [2.05, 4.69) is 29.8 Å². The van der Waals surface area contributed by atoms with Gasteiger partial charge in [0.15, 0.2) is 0 Å². The maximum Gasteiger partial charge on any atom is -0.00848 e. The van der Waals surface area contributed by atoms with E-state index >= 15 is 0 Å². The Labute approximate surface area is 100.0 Å². The number of halogens is 1. The molecule has 0 unspecified atom stereocenters. The SMILES string of the molecule is CBr.CCCCCCCCCCCC. The Morgan fingerprint density at radius 3 is 0.929 bits per heavy atom. The zero-order valence-corrected chi connectivity index (χ0v) is 12.0. The third-order valence-corrected chi connectivity index (χ3v) is 2.46. The van der Waals surface area contributed by atoms with Gasteiger partial charge in [-0.2, -0.15) is 0 Å². The Bertz CT molecular complexity index is 61.6. The highest BCUT2D eigenvalue weighted by Gasteiger charge is 1.90. The first-order valence-corrected chi connectivity index (χ1v) is 7.88. The van der Waals surface area contributed by atoms with Crippen LogP contribution in [0, 0.1) is 0 Å². The van der Waals surface area contributed by atoms with Crippen molar-refractivity contribution >= 4 is 15.9 Å². The lowest BCUT2D eigenvalue weighted by Gasteiger charge is -1.99. The lowest BCUT2D eigenvalue weighted by Crippen LogP contribution is -1.80. The molecule has 0 amide bonds. The molecular formula is C13H29Br. The van der Waals surface area contributed by atoms with Crippen molar-refractivity contribution in [2.75, 3.05) is 5.83 Å². The summed E-state index contributed by atoms with van der Waals surface area (Å²) in [6.45, 7) is 4.56. The van der Waals surface area contributed by atoms with E-state index in [-0.39, 0.29) is 0 Å². The van der Waals surface area contributed by atoms with Gasteiger partial charge in [-0.25, -0.2) is 0 Å². The van der Waals surface area contributed by atoms with E-state index in [1.54, 1.807) is 0 Å². The van der Waals surface area contributed by atoms with E-state index in [9.17, 15) is 0 Å². The number of alkyl halides is 1. The molecule has 0 aliphatic rings. The van der Waals surface area contributed by atoms with Crippen LogP contribution in [0.2, 0.25) is 0 Å². The Morgan fingerprint density at radius 1 is 0.500 bits per heavy atom. The number of unbranched alkanes of at least 4 members (excludes halogenated alkanes) is 9. The molecule has 0 spiro atoms. The molecular weight excluding hydrogens is 236 g/mol. The smallest absolute Gasteiger partial charge is 0.00848 e. The van der Waals surface area contributed by atoms with Gasteiger partial charge in [0.25, 0.3) is 0 Å². The Kier molecular flexibility index (Phi) is 23.1. The molecule has 0 aliphatic heterocycles. The third-order valence-electron chi connectivity index (χ3n) is 2.46. The van der Waals surface area contributed by atoms with E-state index in [0.29, 0.717) is 0 Å². The predicted octanol–water partition coefficient (Wildman–Crippen LogP) is 5.94. The molecule has 1 heteroatoms. The summed E-state index contributed by atoms with van der Waals surface area (Å²) >= 11 is 2.94. The van der Waals surface area contributed by atoms with Gasteiger partial charge in [0.05, 0.1) is 0 Å². The van der Waals surface area contributed by atoms with Crippen LogP contribution in [-0.4, -0.2) is 5.83 Å². The van der Waals surface area contributed by atoms with Crippen molar-refractivity contribution in [1.82, 2.24) is 0 Å². The van der Waals surface area contributed by atoms with Gasteiger partial charge in [-0.05, 0) is 5.83 Å². The van der Waals surface area contributed by atoms with Gasteiger partial charge < -0.3 is 0 Å². The summed E-state index contributed by atoms with van der Waals surface area (Å²) in [6, 6.07) is 0. The molecule has 0 nitrogen and oxygen atoms in total. The van der Waals surface area contributed by atoms with E-state index in [1.165, 1.54) is 64.2 Å². The molecule has 0 aromatic rings. The third kappa shape index (κ3) is 18.3. The second-order valence-corrected chi connectivity index (χ2v) is 3.83. The van der Waals surface area contributed by atoms with Crippen LogP contribution in [0.3, 0.4) is 0 Å². The Morgan fingerprint density at radius 2 is 0.714 bits per heavy atom. The van der Waals surface area contributed by atoms with Crippen LogP contribution in [0.1, 0.15) is 78.1 Å². The molecule has 0 aromatic heterocycles. The topological polar surface area (TPSA) is 0 Å². The van der Waals surface area contributed by atoms with Crippen molar-refractivity contribution in [2.24, 2.45) is 0 Å². The van der Waals surface area contributed by atoms with Crippen molar-refractivity contribution in [3.8, 4) is 0 Å². The largest absolute Gasteiger partial charge is 0.0966 e. The molecule has 14 heavy (non-hydrogen) atoms. The fourth-order valence-corrected chi connectivity index (χ4v) is 1.56. The molecule has 0 saturated heterocycles. The summed E-state index contributed by atoms with van der Waals surface area (Å²) in [5.41, 5.74) is 0. The van der Waals surface area contributed by atoms with Gasteiger partial charge >= 0.3 is 0 Å². The lowest BCUT2D eigenvalue weighted by atomic mass is 10.1. The standard InChI is InChI=1S/C12H26.CH3Br/c1-3-5-7-9-11-12-10-8-6-4-2;1-2/h3-12H2,1-2H3;1H3. The fraction of sp³-hybridized carbons (Fsp3) is 1.00. The molecule has 0 aliphatic carbocycles. The van der Waals surface area contributed by atoms with Crippen LogP contribution in [0.4, 0.5) is 0 Å². The summed E-state index contributed by atoms with van der Waals surface area (Å²) in [5.74, 6) is 1.81. The molecule has 0 bridgehead atoms. The maximum absolute atomic E-state index is 2.94. The van der Waals surface area contributed by atoms with E-state index < -0.39 is 0 Å². The number of rotatable bonds is 9. The first-order valence-electron chi connectivity index (χ1n) is 6.29. The summed E-state index contributed by atoms with van der Waals surface area (Å²) in [6.07, 6.45) is 14.4. The van der Waals surface area contributed by atoms with Gasteiger partial charge in [-0.1, -0.05) is 94.0 Å². The Balaban J connectivity index is 0. The summed E-state index contributed by atoms with van der Waals surface area (Å²) in [4.78, 5) is 0. The number of hydrogen-bond acceptors (Lipinski definition) is 0. The normalized spacial score (nSPS) is 9.43. The van der Waals surface area contributed by atoms with Crippen molar-refractivity contribution < 1.29 is 0 Å². The zero-order valence-electron chi connectivity index (χ0n) is 10.4. The summed E-state index contributed by atoms with van der Waals surface area (Å²) in [5, 5.41) is 0. The molecule has 0 N–H and O–H groups in total. The van der Waals surface area contributed by atoms with Gasteiger partial charge in [0.2, 0.25) is 0 Å². The highest BCUT2D eigenvalue weighted by Crippen LogP contribution is 2.09. The molecule has 0 heterocycles. The lowest BCUT2D eigenvalue weighted by molar-refractivity contribution is 0.562. The molecule has 0 radical (unpaired) electrons. The molecule has 0 fully saturated rings. The zero-order chi connectivity index (χ0) is 11.1. The van der Waals surface area contributed by atoms with E-state index in [1.807, 2.05) is 5.83 Å². The maximum atomic E-state index is 2.94. The second kappa shape index (κ2) is 19.1. The highest BCUT2D eigenvalue weighted by atomic mass is 79.9. The summed E-state index contributed by atoms with van der Waals surface area (Å²) in [7, 11) is 0. The first kappa shape index (κ1) is 16.9. The van der Waals surface area contributed by atoms with Crippen LogP contribution in [0.15, 0.2) is 0 Å². The van der Waals surface area contributed by atoms with Gasteiger partial charge in [0, 0.05) is 0 Å². The Hall–Kier alpha value is 0.480. The second-order valence-electron chi connectivity index (χ2n) is 3.83. The number of hydrogen-bond donors (Lipinski definition) is 0. The average molecular weight is 265 g/mol. The van der Waals surface area contributed by atoms with E-state index in [4.69, 9.17) is 0 Å². The first-order chi connectivity index (χ1) is 6.91. The van der Waals surface area contributed by atoms with Crippen LogP contribution in [-0.2, 0) is 0 Å². The minimum Gasteiger partial charge on any atom is -0.0966 e. The molecule has 88 valence electrons. The minimum atomic E-state index is 1.37. The summed E-state index contributed by atoms with van der Waals surface area (Å²) < 4.78 is 0. The molecule has 0 aromatic carbocycles. The van der Waals surface area contributed by atoms with Crippen LogP contribution < -0.4 is 0 Å². The minimum absolute atomic E-state index is 1.37. The average Bonchev–Trinajstić information content (AvgIpc) is 2.25. The van der Waals surface area contributed by atoms with Crippen LogP contribution in [0.5, 0.6) is 0 Å². The highest BCUT2D eigenvalue weighted by molar-refractivity contribution is 9.08. The monoisotopic (exact) mass is 264 g/mol. The van der Waals surface area contributed by atoms with Gasteiger partial charge in [0.1, 0.15) is 0 Å². The predicted molar refractivity (Wildman–Crippen MR) is 72.4 cm³/mol. The van der Waals surface area contributed by atoms with Crippen molar-refractivity contribution in [3.63, 3.8) is 0 Å². The molecule has 0 saturated carbocycles. The fourth-order valence-electron chi connectivity index (χ4n) is 1.56. The van der Waals surface area contributed by atoms with Crippen molar-refractivity contribution in [1.29, 1.82) is 0 Å². The van der Waals surface area contributed by atoms with Gasteiger partial charge in [-0.3, -0.25) is 0 Å². The molecule has 0 atom stereocenters. The van der Waals surface area contributed by atoms with Crippen LogP contribution in [0.25, 0.3) is 0 Å².